The number of nitrogens with one attached hydrogen (secondary N) is 1. The van der Waals surface area contributed by atoms with Crippen LogP contribution in [0.3, 0.4) is 0 Å². The highest BCUT2D eigenvalue weighted by Gasteiger charge is 2.25. The molecule has 1 saturated heterocycles. The van der Waals surface area contributed by atoms with Gasteiger partial charge in [-0.25, -0.2) is 4.98 Å². The number of carbonyl (C=O) groups excluding carboxylic acids is 1. The van der Waals surface area contributed by atoms with Crippen LogP contribution >= 0.6 is 24.8 Å². The van der Waals surface area contributed by atoms with Gasteiger partial charge in [-0.3, -0.25) is 4.79 Å². The first kappa shape index (κ1) is 21.0. The number of hydrogen-bond donors (Lipinski definition) is 2. The van der Waals surface area contributed by atoms with Crippen LogP contribution in [0, 0.1) is 5.92 Å². The number of carbonyl (C=O) groups is 1. The molecule has 5 nitrogen and oxygen atoms in total. The Morgan fingerprint density at radius 3 is 2.54 bits per heavy atom. The molecule has 2 atom stereocenters. The van der Waals surface area contributed by atoms with Crippen LogP contribution in [0.25, 0.3) is 0 Å². The number of rotatable bonds is 5. The van der Waals surface area contributed by atoms with Crippen molar-refractivity contribution < 1.29 is 4.79 Å². The van der Waals surface area contributed by atoms with Gasteiger partial charge >= 0.3 is 0 Å². The Morgan fingerprint density at radius 2 is 1.96 bits per heavy atom. The van der Waals surface area contributed by atoms with Crippen LogP contribution < -0.4 is 16.0 Å². The Bertz CT molecular complexity index is 506. The summed E-state index contributed by atoms with van der Waals surface area (Å²) >= 11 is 0. The molecule has 2 aliphatic rings. The molecular formula is C17H28Cl2N4O. The largest absolute Gasteiger partial charge is 0.357 e. The minimum absolute atomic E-state index is 0. The van der Waals surface area contributed by atoms with Gasteiger partial charge in [0.25, 0.3) is 0 Å². The van der Waals surface area contributed by atoms with E-state index >= 15 is 0 Å². The predicted octanol–water partition coefficient (Wildman–Crippen LogP) is 2.66. The third-order valence-corrected chi connectivity index (χ3v) is 4.89. The number of aromatic nitrogens is 1. The maximum atomic E-state index is 12.0. The average Bonchev–Trinajstić information content (AvgIpc) is 3.18. The van der Waals surface area contributed by atoms with Gasteiger partial charge in [0, 0.05) is 38.3 Å². The lowest BCUT2D eigenvalue weighted by Crippen LogP contribution is -2.31. The zero-order chi connectivity index (χ0) is 15.4. The standard InChI is InChI=1S/C17H26N4O.2ClH/c18-15-5-3-4-14(15)10-17(22)20-12-13-6-7-16(19-11-13)21-8-1-2-9-21;;/h6-7,11,14-15H,1-5,8-10,12,18H2,(H,20,22);2*1H/t14-,15+;;/m0../s1. The van der Waals surface area contributed by atoms with Crippen molar-refractivity contribution in [2.75, 3.05) is 18.0 Å². The zero-order valence-corrected chi connectivity index (χ0v) is 15.6. The predicted molar refractivity (Wildman–Crippen MR) is 102 cm³/mol. The molecule has 24 heavy (non-hydrogen) atoms. The van der Waals surface area contributed by atoms with Crippen LogP contribution in [0.5, 0.6) is 0 Å². The SMILES string of the molecule is Cl.Cl.N[C@@H]1CCC[C@H]1CC(=O)NCc1ccc(N2CCCC2)nc1. The number of anilines is 1. The van der Waals surface area contributed by atoms with Crippen LogP contribution in [-0.2, 0) is 11.3 Å². The molecular weight excluding hydrogens is 347 g/mol. The van der Waals surface area contributed by atoms with Gasteiger partial charge in [-0.05, 0) is 43.2 Å². The van der Waals surface area contributed by atoms with E-state index in [1.54, 1.807) is 0 Å². The van der Waals surface area contributed by atoms with Gasteiger partial charge in [0.1, 0.15) is 5.82 Å². The second kappa shape index (κ2) is 10.1. The summed E-state index contributed by atoms with van der Waals surface area (Å²) in [6.45, 7) is 2.75. The normalized spacial score (nSPS) is 22.6. The number of amides is 1. The second-order valence-electron chi connectivity index (χ2n) is 6.55. The zero-order valence-electron chi connectivity index (χ0n) is 13.9. The molecule has 0 bridgehead atoms. The summed E-state index contributed by atoms with van der Waals surface area (Å²) < 4.78 is 0. The number of hydrogen-bond acceptors (Lipinski definition) is 4. The van der Waals surface area contributed by atoms with Gasteiger partial charge in [0.15, 0.2) is 0 Å². The number of nitrogens with zero attached hydrogens (tertiary/aromatic N) is 2. The van der Waals surface area contributed by atoms with Crippen molar-refractivity contribution in [3.8, 4) is 0 Å². The Kier molecular flexibility index (Phi) is 8.81. The lowest BCUT2D eigenvalue weighted by molar-refractivity contribution is -0.122. The molecule has 0 unspecified atom stereocenters. The minimum Gasteiger partial charge on any atom is -0.357 e. The quantitative estimate of drug-likeness (QED) is 0.830. The van der Waals surface area contributed by atoms with E-state index in [1.807, 2.05) is 6.20 Å². The second-order valence-corrected chi connectivity index (χ2v) is 6.55. The first-order valence-electron chi connectivity index (χ1n) is 8.44. The Morgan fingerprint density at radius 1 is 1.21 bits per heavy atom. The van der Waals surface area contributed by atoms with Crippen molar-refractivity contribution in [2.24, 2.45) is 11.7 Å². The Hall–Kier alpha value is -1.04. The fraction of sp³-hybridized carbons (Fsp3) is 0.647. The molecule has 2 heterocycles. The number of pyridine rings is 1. The molecule has 7 heteroatoms. The van der Waals surface area contributed by atoms with Crippen LogP contribution in [0.1, 0.15) is 44.1 Å². The fourth-order valence-electron chi connectivity index (χ4n) is 3.48. The molecule has 3 rings (SSSR count). The summed E-state index contributed by atoms with van der Waals surface area (Å²) in [5.41, 5.74) is 7.06. The maximum absolute atomic E-state index is 12.0. The summed E-state index contributed by atoms with van der Waals surface area (Å²) in [6.07, 6.45) is 8.22. The van der Waals surface area contributed by atoms with Crippen molar-refractivity contribution in [2.45, 2.75) is 51.1 Å². The molecule has 1 amide bonds. The molecule has 1 saturated carbocycles. The van der Waals surface area contributed by atoms with Gasteiger partial charge in [0.2, 0.25) is 5.91 Å². The molecule has 1 aromatic rings. The van der Waals surface area contributed by atoms with Gasteiger partial charge in [-0.15, -0.1) is 24.8 Å². The van der Waals surface area contributed by atoms with E-state index in [4.69, 9.17) is 5.73 Å². The van der Waals surface area contributed by atoms with E-state index in [9.17, 15) is 4.79 Å². The van der Waals surface area contributed by atoms with Gasteiger partial charge < -0.3 is 16.0 Å². The molecule has 1 aliphatic carbocycles. The first-order chi connectivity index (χ1) is 10.7. The number of nitrogens with two attached hydrogens (primary N) is 1. The maximum Gasteiger partial charge on any atom is 0.220 e. The summed E-state index contributed by atoms with van der Waals surface area (Å²) in [6, 6.07) is 4.31. The van der Waals surface area contributed by atoms with Gasteiger partial charge in [-0.2, -0.15) is 0 Å². The van der Waals surface area contributed by atoms with Crippen LogP contribution in [0.4, 0.5) is 5.82 Å². The molecule has 1 aromatic heterocycles. The summed E-state index contributed by atoms with van der Waals surface area (Å²) in [5, 5.41) is 2.99. The number of halogens is 2. The van der Waals surface area contributed by atoms with E-state index < -0.39 is 0 Å². The fourth-order valence-corrected chi connectivity index (χ4v) is 3.48. The lowest BCUT2D eigenvalue weighted by atomic mass is 10.00. The highest BCUT2D eigenvalue weighted by Crippen LogP contribution is 2.26. The van der Waals surface area contributed by atoms with Crippen molar-refractivity contribution in [3.05, 3.63) is 23.9 Å². The summed E-state index contributed by atoms with van der Waals surface area (Å²) in [7, 11) is 0. The average molecular weight is 375 g/mol. The molecule has 3 N–H and O–H groups in total. The third-order valence-electron chi connectivity index (χ3n) is 4.89. The third kappa shape index (κ3) is 5.50. The van der Waals surface area contributed by atoms with E-state index in [2.05, 4.69) is 27.3 Å². The van der Waals surface area contributed by atoms with Crippen molar-refractivity contribution in [1.82, 2.24) is 10.3 Å². The highest BCUT2D eigenvalue weighted by molar-refractivity contribution is 5.85. The van der Waals surface area contributed by atoms with E-state index in [1.165, 1.54) is 12.8 Å². The summed E-state index contributed by atoms with van der Waals surface area (Å²) in [4.78, 5) is 18.8. The molecule has 0 radical (unpaired) electrons. The Balaban J connectivity index is 0.00000144. The van der Waals surface area contributed by atoms with Crippen LogP contribution in [0.15, 0.2) is 18.3 Å². The Labute approximate surface area is 156 Å². The van der Waals surface area contributed by atoms with Crippen molar-refractivity contribution in [3.63, 3.8) is 0 Å². The lowest BCUT2D eigenvalue weighted by Gasteiger charge is -2.17. The molecule has 0 aromatic carbocycles. The van der Waals surface area contributed by atoms with Crippen LogP contribution in [-0.4, -0.2) is 30.0 Å². The van der Waals surface area contributed by atoms with Crippen LogP contribution in [0.2, 0.25) is 0 Å². The molecule has 0 spiro atoms. The summed E-state index contributed by atoms with van der Waals surface area (Å²) in [5.74, 6) is 1.51. The minimum atomic E-state index is 0. The van der Waals surface area contributed by atoms with E-state index in [0.29, 0.717) is 18.9 Å². The monoisotopic (exact) mass is 374 g/mol. The molecule has 136 valence electrons. The van der Waals surface area contributed by atoms with E-state index in [-0.39, 0.29) is 36.8 Å². The first-order valence-corrected chi connectivity index (χ1v) is 8.44. The van der Waals surface area contributed by atoms with Crippen molar-refractivity contribution in [1.29, 1.82) is 0 Å². The van der Waals surface area contributed by atoms with Gasteiger partial charge in [-0.1, -0.05) is 12.5 Å². The molecule has 2 fully saturated rings. The van der Waals surface area contributed by atoms with Gasteiger partial charge in [0.05, 0.1) is 0 Å². The van der Waals surface area contributed by atoms with E-state index in [0.717, 1.165) is 43.7 Å². The van der Waals surface area contributed by atoms with Crippen molar-refractivity contribution >= 4 is 36.5 Å². The topological polar surface area (TPSA) is 71.2 Å². The molecule has 1 aliphatic heterocycles. The highest BCUT2D eigenvalue weighted by atomic mass is 35.5. The smallest absolute Gasteiger partial charge is 0.220 e.